The van der Waals surface area contributed by atoms with Gasteiger partial charge in [-0.1, -0.05) is 27.2 Å². The van der Waals surface area contributed by atoms with Crippen LogP contribution in [-0.4, -0.2) is 21.1 Å². The summed E-state index contributed by atoms with van der Waals surface area (Å²) in [6, 6.07) is 3.14. The van der Waals surface area contributed by atoms with Crippen LogP contribution in [-0.2, 0) is 11.0 Å². The molecule has 1 aromatic rings. The van der Waals surface area contributed by atoms with Crippen molar-refractivity contribution in [3.8, 4) is 5.75 Å². The molecule has 4 nitrogen and oxygen atoms in total. The van der Waals surface area contributed by atoms with Gasteiger partial charge in [-0.15, -0.1) is 0 Å². The Kier molecular flexibility index (Phi) is 3.44. The lowest BCUT2D eigenvalue weighted by atomic mass is 9.54. The number of carbonyl (C=O) groups is 1. The molecular formula is C20H26O4. The first-order chi connectivity index (χ1) is 10.9. The molecule has 1 atom stereocenters. The molecule has 3 N–H and O–H groups in total. The van der Waals surface area contributed by atoms with Crippen LogP contribution in [0.3, 0.4) is 0 Å². The zero-order valence-electron chi connectivity index (χ0n) is 15.0. The SMILES string of the molecule is CC1(C)CCC[C@@]2(C)C1=C(O)C(=O)c1cc(C(C)(C)O)c(O)cc12. The number of aromatic hydroxyl groups is 1. The number of phenols is 1. The first-order valence-corrected chi connectivity index (χ1v) is 8.49. The third kappa shape index (κ3) is 2.20. The fraction of sp³-hybridized carbons (Fsp3) is 0.550. The van der Waals surface area contributed by atoms with E-state index in [0.29, 0.717) is 11.1 Å². The van der Waals surface area contributed by atoms with Crippen molar-refractivity contribution in [2.24, 2.45) is 5.41 Å². The van der Waals surface area contributed by atoms with Gasteiger partial charge in [-0.2, -0.15) is 0 Å². The fourth-order valence-electron chi connectivity index (χ4n) is 4.70. The molecule has 0 saturated heterocycles. The predicted octanol–water partition coefficient (Wildman–Crippen LogP) is 4.10. The molecule has 0 radical (unpaired) electrons. The summed E-state index contributed by atoms with van der Waals surface area (Å²) in [4.78, 5) is 12.8. The normalized spacial score (nSPS) is 26.2. The third-order valence-electron chi connectivity index (χ3n) is 5.79. The van der Waals surface area contributed by atoms with Gasteiger partial charge < -0.3 is 15.3 Å². The molecular weight excluding hydrogens is 304 g/mol. The number of fused-ring (bicyclic) bond motifs is 3. The molecule has 0 heterocycles. The summed E-state index contributed by atoms with van der Waals surface area (Å²) in [5.74, 6) is -0.598. The minimum absolute atomic E-state index is 0.0144. The Bertz CT molecular complexity index is 765. The molecule has 2 aliphatic rings. The summed E-state index contributed by atoms with van der Waals surface area (Å²) < 4.78 is 0. The van der Waals surface area contributed by atoms with Gasteiger partial charge in [-0.05, 0) is 55.4 Å². The quantitative estimate of drug-likeness (QED) is 0.724. The van der Waals surface area contributed by atoms with Crippen molar-refractivity contribution in [3.63, 3.8) is 0 Å². The number of hydrogen-bond acceptors (Lipinski definition) is 4. The van der Waals surface area contributed by atoms with Crippen LogP contribution in [0.15, 0.2) is 23.5 Å². The lowest BCUT2D eigenvalue weighted by molar-refractivity contribution is 0.0754. The molecule has 0 unspecified atom stereocenters. The second kappa shape index (κ2) is 4.85. The van der Waals surface area contributed by atoms with E-state index in [1.54, 1.807) is 19.9 Å². The lowest BCUT2D eigenvalue weighted by Crippen LogP contribution is -2.43. The summed E-state index contributed by atoms with van der Waals surface area (Å²) in [5, 5.41) is 31.4. The number of aliphatic hydroxyl groups is 2. The first kappa shape index (κ1) is 17.0. The van der Waals surface area contributed by atoms with E-state index in [9.17, 15) is 20.1 Å². The number of benzene rings is 1. The van der Waals surface area contributed by atoms with Crippen molar-refractivity contribution >= 4 is 5.78 Å². The number of allylic oxidation sites excluding steroid dienone is 2. The zero-order valence-corrected chi connectivity index (χ0v) is 15.0. The monoisotopic (exact) mass is 330 g/mol. The Morgan fingerprint density at radius 2 is 1.71 bits per heavy atom. The number of hydrogen-bond donors (Lipinski definition) is 3. The molecule has 1 saturated carbocycles. The Balaban J connectivity index is 2.33. The van der Waals surface area contributed by atoms with Crippen LogP contribution in [0.2, 0.25) is 0 Å². The maximum absolute atomic E-state index is 12.8. The topological polar surface area (TPSA) is 77.8 Å². The van der Waals surface area contributed by atoms with Crippen molar-refractivity contribution in [2.45, 2.75) is 64.9 Å². The third-order valence-corrected chi connectivity index (χ3v) is 5.79. The van der Waals surface area contributed by atoms with E-state index in [1.165, 1.54) is 6.07 Å². The van der Waals surface area contributed by atoms with Gasteiger partial charge in [0.2, 0.25) is 5.78 Å². The first-order valence-electron chi connectivity index (χ1n) is 8.49. The fourth-order valence-corrected chi connectivity index (χ4v) is 4.70. The average molecular weight is 330 g/mol. The van der Waals surface area contributed by atoms with E-state index in [0.717, 1.165) is 30.4 Å². The Labute approximate surface area is 142 Å². The number of carbonyl (C=O) groups excluding carboxylic acids is 1. The summed E-state index contributed by atoms with van der Waals surface area (Å²) in [6.45, 7) is 9.27. The van der Waals surface area contributed by atoms with E-state index in [1.807, 2.05) is 6.92 Å². The molecule has 0 aliphatic heterocycles. The van der Waals surface area contributed by atoms with Gasteiger partial charge >= 0.3 is 0 Å². The molecule has 24 heavy (non-hydrogen) atoms. The molecule has 130 valence electrons. The second-order valence-corrected chi connectivity index (χ2v) is 8.60. The molecule has 1 aromatic carbocycles. The number of phenolic OH excluding ortho intramolecular Hbond substituents is 1. The number of ketones is 1. The maximum atomic E-state index is 12.8. The van der Waals surface area contributed by atoms with E-state index in [-0.39, 0.29) is 16.9 Å². The van der Waals surface area contributed by atoms with E-state index in [2.05, 4.69) is 13.8 Å². The molecule has 3 rings (SSSR count). The highest BCUT2D eigenvalue weighted by Crippen LogP contribution is 2.56. The Morgan fingerprint density at radius 1 is 1.08 bits per heavy atom. The van der Waals surface area contributed by atoms with E-state index < -0.39 is 16.8 Å². The molecule has 2 aliphatic carbocycles. The van der Waals surface area contributed by atoms with Crippen molar-refractivity contribution in [1.29, 1.82) is 0 Å². The smallest absolute Gasteiger partial charge is 0.227 e. The maximum Gasteiger partial charge on any atom is 0.227 e. The highest BCUT2D eigenvalue weighted by Gasteiger charge is 2.50. The second-order valence-electron chi connectivity index (χ2n) is 8.60. The molecule has 1 fully saturated rings. The predicted molar refractivity (Wildman–Crippen MR) is 92.3 cm³/mol. The van der Waals surface area contributed by atoms with Gasteiger partial charge in [0.25, 0.3) is 0 Å². The van der Waals surface area contributed by atoms with Gasteiger partial charge in [0.1, 0.15) is 5.75 Å². The summed E-state index contributed by atoms with van der Waals surface area (Å²) in [6.07, 6.45) is 2.72. The highest BCUT2D eigenvalue weighted by atomic mass is 16.3. The molecule has 4 heteroatoms. The van der Waals surface area contributed by atoms with E-state index >= 15 is 0 Å². The van der Waals surface area contributed by atoms with Crippen molar-refractivity contribution in [2.75, 3.05) is 0 Å². The van der Waals surface area contributed by atoms with Crippen LogP contribution in [0.25, 0.3) is 0 Å². The lowest BCUT2D eigenvalue weighted by Gasteiger charge is -2.49. The molecule has 0 amide bonds. The van der Waals surface area contributed by atoms with Crippen LogP contribution in [0.5, 0.6) is 5.75 Å². The van der Waals surface area contributed by atoms with Crippen molar-refractivity contribution in [1.82, 2.24) is 0 Å². The number of rotatable bonds is 1. The summed E-state index contributed by atoms with van der Waals surface area (Å²) in [5.41, 5.74) is 0.175. The van der Waals surface area contributed by atoms with Gasteiger partial charge in [0.05, 0.1) is 5.60 Å². The van der Waals surface area contributed by atoms with Crippen molar-refractivity contribution < 1.29 is 20.1 Å². The van der Waals surface area contributed by atoms with Gasteiger partial charge in [0, 0.05) is 16.5 Å². The minimum Gasteiger partial charge on any atom is -0.508 e. The highest BCUT2D eigenvalue weighted by molar-refractivity contribution is 6.11. The van der Waals surface area contributed by atoms with Crippen molar-refractivity contribution in [3.05, 3.63) is 40.2 Å². The Morgan fingerprint density at radius 3 is 2.29 bits per heavy atom. The average Bonchev–Trinajstić information content (AvgIpc) is 2.42. The van der Waals surface area contributed by atoms with Crippen LogP contribution < -0.4 is 0 Å². The van der Waals surface area contributed by atoms with Crippen LogP contribution in [0.4, 0.5) is 0 Å². The van der Waals surface area contributed by atoms with Gasteiger partial charge in [-0.3, -0.25) is 4.79 Å². The minimum atomic E-state index is -1.27. The molecule has 0 bridgehead atoms. The van der Waals surface area contributed by atoms with E-state index in [4.69, 9.17) is 0 Å². The Hall–Kier alpha value is -1.81. The standard InChI is InChI=1S/C20H26O4/c1-18(2)7-6-8-20(5)12-10-14(21)13(19(3,4)24)9-11(12)15(22)16(23)17(18)20/h9-10,21,23-24H,6-8H2,1-5H3/t20-/m1/s1. The summed E-state index contributed by atoms with van der Waals surface area (Å²) >= 11 is 0. The van der Waals surface area contributed by atoms with Crippen LogP contribution in [0, 0.1) is 5.41 Å². The van der Waals surface area contributed by atoms with Gasteiger partial charge in [-0.25, -0.2) is 0 Å². The molecule has 0 aromatic heterocycles. The number of Topliss-reactive ketones (excluding diaryl/α,β-unsaturated/α-hetero) is 1. The summed E-state index contributed by atoms with van der Waals surface area (Å²) in [7, 11) is 0. The van der Waals surface area contributed by atoms with Crippen LogP contribution >= 0.6 is 0 Å². The number of aliphatic hydroxyl groups excluding tert-OH is 1. The van der Waals surface area contributed by atoms with Crippen LogP contribution in [0.1, 0.15) is 75.4 Å². The zero-order chi connectivity index (χ0) is 18.1. The largest absolute Gasteiger partial charge is 0.508 e. The van der Waals surface area contributed by atoms with Gasteiger partial charge in [0.15, 0.2) is 5.76 Å². The molecule has 0 spiro atoms.